The maximum atomic E-state index is 5.41. The number of benzene rings is 1. The van der Waals surface area contributed by atoms with E-state index in [1.54, 1.807) is 14.2 Å². The van der Waals surface area contributed by atoms with Crippen LogP contribution in [0.4, 0.5) is 5.95 Å². The van der Waals surface area contributed by atoms with Crippen molar-refractivity contribution in [3.05, 3.63) is 36.5 Å². The normalized spacial score (nSPS) is 17.9. The minimum atomic E-state index is -0.256. The van der Waals surface area contributed by atoms with Gasteiger partial charge >= 0.3 is 0 Å². The second kappa shape index (κ2) is 5.64. The van der Waals surface area contributed by atoms with Crippen molar-refractivity contribution in [3.63, 3.8) is 0 Å². The quantitative estimate of drug-likeness (QED) is 0.870. The van der Waals surface area contributed by atoms with Gasteiger partial charge in [0.2, 0.25) is 5.95 Å². The van der Waals surface area contributed by atoms with Gasteiger partial charge in [-0.3, -0.25) is 0 Å². The molecule has 5 heteroatoms. The number of nitrogens with one attached hydrogen (secondary N) is 1. The van der Waals surface area contributed by atoms with E-state index in [1.807, 2.05) is 18.2 Å². The molecule has 5 nitrogen and oxygen atoms in total. The molecule has 1 aromatic carbocycles. The average molecular weight is 273 g/mol. The molecule has 0 aliphatic carbocycles. The van der Waals surface area contributed by atoms with Crippen LogP contribution in [0.1, 0.15) is 12.5 Å². The van der Waals surface area contributed by atoms with Crippen LogP contribution in [-0.4, -0.2) is 36.6 Å². The summed E-state index contributed by atoms with van der Waals surface area (Å²) in [5.41, 5.74) is 2.08. The summed E-state index contributed by atoms with van der Waals surface area (Å²) in [5.74, 6) is 0.874. The fourth-order valence-electron chi connectivity index (χ4n) is 2.67. The van der Waals surface area contributed by atoms with Crippen LogP contribution in [0.3, 0.4) is 0 Å². The third-order valence-electron chi connectivity index (χ3n) is 3.66. The zero-order valence-electron chi connectivity index (χ0n) is 11.7. The van der Waals surface area contributed by atoms with E-state index in [1.165, 1.54) is 0 Å². The van der Waals surface area contributed by atoms with E-state index in [0.29, 0.717) is 0 Å². The Bertz CT molecular complexity index is 564. The van der Waals surface area contributed by atoms with Crippen LogP contribution in [-0.2, 0) is 9.47 Å². The van der Waals surface area contributed by atoms with Crippen LogP contribution in [0.5, 0.6) is 0 Å². The van der Waals surface area contributed by atoms with Crippen molar-refractivity contribution in [2.75, 3.05) is 26.1 Å². The summed E-state index contributed by atoms with van der Waals surface area (Å²) >= 11 is 0. The van der Waals surface area contributed by atoms with Gasteiger partial charge in [0.05, 0.1) is 11.7 Å². The Balaban J connectivity index is 1.96. The fraction of sp³-hybridized carbons (Fsp3) is 0.400. The number of anilines is 1. The Labute approximate surface area is 118 Å². The standard InChI is InChI=1S/C15H19N3O2/c1-19-14(20-2)13-8-9-16-15-17-12(10-18(13)15)11-6-4-3-5-7-11/h3-7,10,13-14H,8-9H2,1-2H3,(H,16,17). The molecule has 0 saturated heterocycles. The molecule has 1 unspecified atom stereocenters. The number of methoxy groups -OCH3 is 2. The van der Waals surface area contributed by atoms with Crippen molar-refractivity contribution in [1.29, 1.82) is 0 Å². The van der Waals surface area contributed by atoms with Gasteiger partial charge in [0.25, 0.3) is 0 Å². The molecule has 2 aromatic rings. The topological polar surface area (TPSA) is 48.3 Å². The van der Waals surface area contributed by atoms with Crippen molar-refractivity contribution in [2.45, 2.75) is 18.8 Å². The van der Waals surface area contributed by atoms with Crippen molar-refractivity contribution in [3.8, 4) is 11.3 Å². The number of fused-ring (bicyclic) bond motifs is 1. The van der Waals surface area contributed by atoms with Gasteiger partial charge in [-0.15, -0.1) is 0 Å². The number of imidazole rings is 1. The SMILES string of the molecule is COC(OC)C1CCNc2nc(-c3ccccc3)cn21. The Kier molecular flexibility index (Phi) is 3.71. The van der Waals surface area contributed by atoms with Gasteiger partial charge in [0.15, 0.2) is 6.29 Å². The van der Waals surface area contributed by atoms with Gasteiger partial charge < -0.3 is 19.4 Å². The van der Waals surface area contributed by atoms with Gasteiger partial charge in [-0.05, 0) is 6.42 Å². The highest BCUT2D eigenvalue weighted by Crippen LogP contribution is 2.31. The summed E-state index contributed by atoms with van der Waals surface area (Å²) in [6.45, 7) is 0.874. The summed E-state index contributed by atoms with van der Waals surface area (Å²) < 4.78 is 12.9. The van der Waals surface area contributed by atoms with Crippen LogP contribution < -0.4 is 5.32 Å². The second-order valence-electron chi connectivity index (χ2n) is 4.85. The molecule has 106 valence electrons. The molecular weight excluding hydrogens is 254 g/mol. The maximum Gasteiger partial charge on any atom is 0.203 e. The van der Waals surface area contributed by atoms with E-state index in [0.717, 1.165) is 30.2 Å². The summed E-state index contributed by atoms with van der Waals surface area (Å²) in [7, 11) is 3.34. The highest BCUT2D eigenvalue weighted by molar-refractivity contribution is 5.60. The first-order chi connectivity index (χ1) is 9.83. The predicted octanol–water partition coefficient (Wildman–Crippen LogP) is 2.53. The largest absolute Gasteiger partial charge is 0.356 e. The van der Waals surface area contributed by atoms with E-state index < -0.39 is 0 Å². The lowest BCUT2D eigenvalue weighted by Crippen LogP contribution is -2.33. The lowest BCUT2D eigenvalue weighted by molar-refractivity contribution is -0.133. The summed E-state index contributed by atoms with van der Waals surface area (Å²) in [5, 5.41) is 3.33. The van der Waals surface area contributed by atoms with Crippen molar-refractivity contribution < 1.29 is 9.47 Å². The Hall–Kier alpha value is -1.85. The third kappa shape index (κ3) is 2.30. The molecule has 0 radical (unpaired) electrons. The molecule has 0 fully saturated rings. The van der Waals surface area contributed by atoms with E-state index in [2.05, 4.69) is 33.2 Å². The summed E-state index contributed by atoms with van der Waals surface area (Å²) in [6.07, 6.45) is 2.75. The highest BCUT2D eigenvalue weighted by atomic mass is 16.7. The summed E-state index contributed by atoms with van der Waals surface area (Å²) in [6, 6.07) is 10.3. The Morgan fingerprint density at radius 3 is 2.70 bits per heavy atom. The molecule has 1 atom stereocenters. The fourth-order valence-corrected chi connectivity index (χ4v) is 2.67. The first kappa shape index (κ1) is 13.1. The number of hydrogen-bond acceptors (Lipinski definition) is 4. The van der Waals surface area contributed by atoms with E-state index in [9.17, 15) is 0 Å². The molecule has 1 aliphatic heterocycles. The monoisotopic (exact) mass is 273 g/mol. The maximum absolute atomic E-state index is 5.41. The minimum absolute atomic E-state index is 0.145. The van der Waals surface area contributed by atoms with E-state index in [4.69, 9.17) is 9.47 Å². The van der Waals surface area contributed by atoms with E-state index in [-0.39, 0.29) is 12.3 Å². The van der Waals surface area contributed by atoms with Crippen molar-refractivity contribution >= 4 is 5.95 Å². The van der Waals surface area contributed by atoms with Gasteiger partial charge in [-0.2, -0.15) is 0 Å². The van der Waals surface area contributed by atoms with Gasteiger partial charge in [-0.25, -0.2) is 4.98 Å². The van der Waals surface area contributed by atoms with Crippen LogP contribution in [0.15, 0.2) is 36.5 Å². The Morgan fingerprint density at radius 2 is 2.00 bits per heavy atom. The number of ether oxygens (including phenoxy) is 2. The molecule has 1 N–H and O–H groups in total. The van der Waals surface area contributed by atoms with Crippen LogP contribution >= 0.6 is 0 Å². The molecule has 0 amide bonds. The second-order valence-corrected chi connectivity index (χ2v) is 4.85. The third-order valence-corrected chi connectivity index (χ3v) is 3.66. The first-order valence-corrected chi connectivity index (χ1v) is 6.77. The number of nitrogens with zero attached hydrogens (tertiary/aromatic N) is 2. The zero-order chi connectivity index (χ0) is 13.9. The molecule has 3 rings (SSSR count). The van der Waals surface area contributed by atoms with Gasteiger partial charge in [0.1, 0.15) is 0 Å². The molecule has 2 heterocycles. The lowest BCUT2D eigenvalue weighted by Gasteiger charge is -2.30. The lowest BCUT2D eigenvalue weighted by atomic mass is 10.1. The van der Waals surface area contributed by atoms with Crippen LogP contribution in [0.25, 0.3) is 11.3 Å². The molecular formula is C15H19N3O2. The summed E-state index contributed by atoms with van der Waals surface area (Å²) in [4.78, 5) is 4.66. The molecule has 0 saturated carbocycles. The first-order valence-electron chi connectivity index (χ1n) is 6.77. The molecule has 0 spiro atoms. The van der Waals surface area contributed by atoms with Gasteiger partial charge in [0, 0.05) is 32.5 Å². The predicted molar refractivity (Wildman–Crippen MR) is 77.6 cm³/mol. The van der Waals surface area contributed by atoms with Crippen LogP contribution in [0.2, 0.25) is 0 Å². The van der Waals surface area contributed by atoms with Crippen molar-refractivity contribution in [2.24, 2.45) is 0 Å². The number of rotatable bonds is 4. The minimum Gasteiger partial charge on any atom is -0.356 e. The molecule has 0 bridgehead atoms. The zero-order valence-corrected chi connectivity index (χ0v) is 11.7. The van der Waals surface area contributed by atoms with E-state index >= 15 is 0 Å². The molecule has 1 aromatic heterocycles. The van der Waals surface area contributed by atoms with Crippen LogP contribution in [0, 0.1) is 0 Å². The number of hydrogen-bond donors (Lipinski definition) is 1. The number of aromatic nitrogens is 2. The Morgan fingerprint density at radius 1 is 1.25 bits per heavy atom. The van der Waals surface area contributed by atoms with Gasteiger partial charge in [-0.1, -0.05) is 30.3 Å². The molecule has 20 heavy (non-hydrogen) atoms. The average Bonchev–Trinajstić information content (AvgIpc) is 2.94. The highest BCUT2D eigenvalue weighted by Gasteiger charge is 2.28. The smallest absolute Gasteiger partial charge is 0.203 e. The van der Waals surface area contributed by atoms with Crippen molar-refractivity contribution in [1.82, 2.24) is 9.55 Å². The molecule has 1 aliphatic rings.